The van der Waals surface area contributed by atoms with Gasteiger partial charge in [-0.1, -0.05) is 30.3 Å². The molecule has 21 heavy (non-hydrogen) atoms. The van der Waals surface area contributed by atoms with Gasteiger partial charge in [0.15, 0.2) is 0 Å². The molecule has 104 valence electrons. The number of carbonyl (C=O) groups is 1. The zero-order valence-electron chi connectivity index (χ0n) is 11.0. The highest BCUT2D eigenvalue weighted by Crippen LogP contribution is 2.09. The molecule has 2 rings (SSSR count). The number of amides is 1. The minimum Gasteiger partial charge on any atom is -0.298 e. The highest BCUT2D eigenvalue weighted by Gasteiger charge is 2.08. The van der Waals surface area contributed by atoms with Crippen LogP contribution in [0.25, 0.3) is 6.08 Å². The van der Waals surface area contributed by atoms with Crippen LogP contribution in [-0.4, -0.2) is 5.91 Å². The van der Waals surface area contributed by atoms with E-state index in [2.05, 4.69) is 10.9 Å². The van der Waals surface area contributed by atoms with Gasteiger partial charge in [0.1, 0.15) is 17.5 Å². The SMILES string of the molecule is N#C/C(=C\c1ccc(F)cc1)C(=O)NNc1ccccc1. The maximum Gasteiger partial charge on any atom is 0.280 e. The number of anilines is 1. The summed E-state index contributed by atoms with van der Waals surface area (Å²) in [4.78, 5) is 11.9. The molecule has 2 N–H and O–H groups in total. The van der Waals surface area contributed by atoms with Crippen molar-refractivity contribution < 1.29 is 9.18 Å². The normalized spacial score (nSPS) is 10.6. The van der Waals surface area contributed by atoms with Crippen LogP contribution in [0.2, 0.25) is 0 Å². The maximum atomic E-state index is 12.8. The van der Waals surface area contributed by atoms with Crippen LogP contribution in [0, 0.1) is 17.1 Å². The number of rotatable bonds is 4. The Bertz CT molecular complexity index is 688. The summed E-state index contributed by atoms with van der Waals surface area (Å²) >= 11 is 0. The first-order valence-electron chi connectivity index (χ1n) is 6.18. The van der Waals surface area contributed by atoms with Gasteiger partial charge >= 0.3 is 0 Å². The van der Waals surface area contributed by atoms with Crippen molar-refractivity contribution in [2.45, 2.75) is 0 Å². The number of carbonyl (C=O) groups excluding carboxylic acids is 1. The minimum atomic E-state index is -0.564. The third kappa shape index (κ3) is 4.18. The molecule has 0 spiro atoms. The van der Waals surface area contributed by atoms with Crippen LogP contribution in [0.5, 0.6) is 0 Å². The number of hydrazine groups is 1. The van der Waals surface area contributed by atoms with Crippen LogP contribution in [-0.2, 0) is 4.79 Å². The zero-order valence-corrected chi connectivity index (χ0v) is 11.0. The number of nitriles is 1. The van der Waals surface area contributed by atoms with Crippen LogP contribution in [0.4, 0.5) is 10.1 Å². The van der Waals surface area contributed by atoms with Crippen molar-refractivity contribution in [2.75, 3.05) is 5.43 Å². The number of benzene rings is 2. The predicted molar refractivity (Wildman–Crippen MR) is 78.2 cm³/mol. The number of hydrogen-bond donors (Lipinski definition) is 2. The molecule has 0 fully saturated rings. The van der Waals surface area contributed by atoms with E-state index in [0.29, 0.717) is 11.3 Å². The number of halogens is 1. The molecule has 0 aliphatic heterocycles. The van der Waals surface area contributed by atoms with Crippen LogP contribution >= 0.6 is 0 Å². The van der Waals surface area contributed by atoms with Gasteiger partial charge in [0.2, 0.25) is 0 Å². The number of hydrogen-bond acceptors (Lipinski definition) is 3. The van der Waals surface area contributed by atoms with Crippen molar-refractivity contribution in [3.63, 3.8) is 0 Å². The lowest BCUT2D eigenvalue weighted by Gasteiger charge is -2.07. The molecule has 0 aliphatic carbocycles. The lowest BCUT2D eigenvalue weighted by atomic mass is 10.1. The molecule has 0 unspecified atom stereocenters. The largest absolute Gasteiger partial charge is 0.298 e. The van der Waals surface area contributed by atoms with E-state index in [-0.39, 0.29) is 11.4 Å². The Hall–Kier alpha value is -3.13. The highest BCUT2D eigenvalue weighted by atomic mass is 19.1. The molecular weight excluding hydrogens is 269 g/mol. The van der Waals surface area contributed by atoms with Crippen molar-refractivity contribution in [2.24, 2.45) is 0 Å². The topological polar surface area (TPSA) is 64.9 Å². The molecule has 2 aromatic carbocycles. The Morgan fingerprint density at radius 1 is 1.10 bits per heavy atom. The van der Waals surface area contributed by atoms with E-state index in [9.17, 15) is 9.18 Å². The molecule has 0 saturated heterocycles. The lowest BCUT2D eigenvalue weighted by molar-refractivity contribution is -0.116. The summed E-state index contributed by atoms with van der Waals surface area (Å²) in [6, 6.07) is 16.4. The summed E-state index contributed by atoms with van der Waals surface area (Å²) in [5, 5.41) is 9.03. The van der Waals surface area contributed by atoms with Crippen LogP contribution in [0.1, 0.15) is 5.56 Å². The molecule has 4 nitrogen and oxygen atoms in total. The van der Waals surface area contributed by atoms with Crippen molar-refractivity contribution in [1.29, 1.82) is 5.26 Å². The summed E-state index contributed by atoms with van der Waals surface area (Å²) < 4.78 is 12.8. The predicted octanol–water partition coefficient (Wildman–Crippen LogP) is 2.88. The van der Waals surface area contributed by atoms with E-state index in [0.717, 1.165) is 0 Å². The first-order valence-corrected chi connectivity index (χ1v) is 6.18. The average Bonchev–Trinajstić information content (AvgIpc) is 2.53. The summed E-state index contributed by atoms with van der Waals surface area (Å²) in [7, 11) is 0. The fourth-order valence-corrected chi connectivity index (χ4v) is 1.59. The Morgan fingerprint density at radius 3 is 2.38 bits per heavy atom. The number of para-hydroxylation sites is 1. The molecule has 0 saturated carbocycles. The van der Waals surface area contributed by atoms with Gasteiger partial charge in [-0.15, -0.1) is 0 Å². The monoisotopic (exact) mass is 281 g/mol. The summed E-state index contributed by atoms with van der Waals surface area (Å²) in [6.07, 6.45) is 1.39. The Labute approximate surface area is 121 Å². The Kier molecular flexibility index (Phi) is 4.67. The van der Waals surface area contributed by atoms with Gasteiger partial charge in [-0.3, -0.25) is 15.6 Å². The van der Waals surface area contributed by atoms with Gasteiger partial charge in [-0.25, -0.2) is 4.39 Å². The molecule has 0 radical (unpaired) electrons. The second kappa shape index (κ2) is 6.87. The molecule has 0 aliphatic rings. The summed E-state index contributed by atoms with van der Waals surface area (Å²) in [5.41, 5.74) is 6.32. The molecule has 0 aromatic heterocycles. The molecule has 2 aromatic rings. The van der Waals surface area contributed by atoms with Crippen molar-refractivity contribution in [1.82, 2.24) is 5.43 Å². The van der Waals surface area contributed by atoms with Gasteiger partial charge in [0.05, 0.1) is 5.69 Å². The molecule has 5 heteroatoms. The summed E-state index contributed by atoms with van der Waals surface area (Å²) in [5.74, 6) is -0.938. The fraction of sp³-hybridized carbons (Fsp3) is 0. The van der Waals surface area contributed by atoms with Crippen molar-refractivity contribution >= 4 is 17.7 Å². The standard InChI is InChI=1S/C16H12FN3O/c17-14-8-6-12(7-9-14)10-13(11-18)16(21)20-19-15-4-2-1-3-5-15/h1-10,19H,(H,20,21)/b13-10+. The molecular formula is C16H12FN3O. The first-order chi connectivity index (χ1) is 10.2. The van der Waals surface area contributed by atoms with Gasteiger partial charge < -0.3 is 0 Å². The van der Waals surface area contributed by atoms with Crippen LogP contribution in [0.15, 0.2) is 60.2 Å². The van der Waals surface area contributed by atoms with E-state index >= 15 is 0 Å². The van der Waals surface area contributed by atoms with Crippen LogP contribution in [0.3, 0.4) is 0 Å². The Balaban J connectivity index is 2.05. The van der Waals surface area contributed by atoms with Gasteiger partial charge in [0, 0.05) is 0 Å². The molecule has 0 atom stereocenters. The highest BCUT2D eigenvalue weighted by molar-refractivity contribution is 6.02. The zero-order chi connectivity index (χ0) is 15.1. The quantitative estimate of drug-likeness (QED) is 0.514. The van der Waals surface area contributed by atoms with Crippen molar-refractivity contribution in [3.8, 4) is 6.07 Å². The minimum absolute atomic E-state index is 0.0787. The van der Waals surface area contributed by atoms with E-state index < -0.39 is 5.91 Å². The van der Waals surface area contributed by atoms with Crippen molar-refractivity contribution in [3.05, 3.63) is 71.6 Å². The summed E-state index contributed by atoms with van der Waals surface area (Å²) in [6.45, 7) is 0. The van der Waals surface area contributed by atoms with Crippen LogP contribution < -0.4 is 10.9 Å². The fourth-order valence-electron chi connectivity index (χ4n) is 1.59. The third-order valence-electron chi connectivity index (χ3n) is 2.64. The second-order valence-electron chi connectivity index (χ2n) is 4.17. The smallest absolute Gasteiger partial charge is 0.280 e. The third-order valence-corrected chi connectivity index (χ3v) is 2.64. The van der Waals surface area contributed by atoms with E-state index in [1.807, 2.05) is 24.3 Å². The molecule has 0 heterocycles. The van der Waals surface area contributed by atoms with Gasteiger partial charge in [-0.2, -0.15) is 5.26 Å². The molecule has 0 bridgehead atoms. The van der Waals surface area contributed by atoms with Gasteiger partial charge in [-0.05, 0) is 35.9 Å². The first kappa shape index (κ1) is 14.3. The number of nitrogens with one attached hydrogen (secondary N) is 2. The molecule has 1 amide bonds. The maximum absolute atomic E-state index is 12.8. The van der Waals surface area contributed by atoms with E-state index in [1.54, 1.807) is 12.1 Å². The average molecular weight is 281 g/mol. The van der Waals surface area contributed by atoms with E-state index in [4.69, 9.17) is 5.26 Å². The van der Waals surface area contributed by atoms with Gasteiger partial charge in [0.25, 0.3) is 5.91 Å². The van der Waals surface area contributed by atoms with E-state index in [1.165, 1.54) is 30.3 Å². The second-order valence-corrected chi connectivity index (χ2v) is 4.17. The lowest BCUT2D eigenvalue weighted by Crippen LogP contribution is -2.30. The number of nitrogens with zero attached hydrogens (tertiary/aromatic N) is 1. The Morgan fingerprint density at radius 2 is 1.76 bits per heavy atom.